The molecule has 1 unspecified atom stereocenters. The van der Waals surface area contributed by atoms with Crippen LogP contribution < -0.4 is 0 Å². The highest BCUT2D eigenvalue weighted by Gasteiger charge is 2.28. The lowest BCUT2D eigenvalue weighted by molar-refractivity contribution is -0.116. The molecule has 2 heteroatoms. The Morgan fingerprint density at radius 1 is 1.22 bits per heavy atom. The summed E-state index contributed by atoms with van der Waals surface area (Å²) in [6.45, 7) is 0. The van der Waals surface area contributed by atoms with Gasteiger partial charge in [0.1, 0.15) is 0 Å². The molecule has 0 aromatic carbocycles. The second-order valence-corrected chi connectivity index (χ2v) is 5.40. The molecular weight excluding hydrogens is 222 g/mol. The molecule has 2 aliphatic carbocycles. The molecule has 0 aliphatic heterocycles. The molecule has 1 aromatic heterocycles. The minimum absolute atomic E-state index is 0.0237. The summed E-state index contributed by atoms with van der Waals surface area (Å²) in [5.74, 6) is 0.306. The van der Waals surface area contributed by atoms with Crippen LogP contribution in [0.5, 0.6) is 0 Å². The van der Waals surface area contributed by atoms with E-state index in [1.54, 1.807) is 6.20 Å². The minimum Gasteiger partial charge on any atom is -0.294 e. The standard InChI is InChI=1S/C16H19NO/c18-15(11-12-5-2-1-3-6-12)14-9-8-13-7-4-10-17-16(13)14/h4,7,10-11,14H,1-3,5-6,8-9H2. The van der Waals surface area contributed by atoms with Crippen molar-refractivity contribution >= 4 is 5.78 Å². The smallest absolute Gasteiger partial charge is 0.164 e. The molecule has 0 spiro atoms. The molecule has 2 nitrogen and oxygen atoms in total. The fourth-order valence-electron chi connectivity index (χ4n) is 3.14. The number of nitrogens with zero attached hydrogens (tertiary/aromatic N) is 1. The number of rotatable bonds is 2. The molecule has 94 valence electrons. The van der Waals surface area contributed by atoms with Crippen molar-refractivity contribution in [2.45, 2.75) is 50.9 Å². The predicted molar refractivity (Wildman–Crippen MR) is 71.5 cm³/mol. The van der Waals surface area contributed by atoms with Gasteiger partial charge >= 0.3 is 0 Å². The van der Waals surface area contributed by atoms with Crippen molar-refractivity contribution in [3.05, 3.63) is 41.2 Å². The first-order valence-electron chi connectivity index (χ1n) is 7.01. The molecule has 0 amide bonds. The Morgan fingerprint density at radius 3 is 2.89 bits per heavy atom. The van der Waals surface area contributed by atoms with Gasteiger partial charge < -0.3 is 0 Å². The van der Waals surface area contributed by atoms with Gasteiger partial charge in [-0.05, 0) is 56.2 Å². The molecule has 1 fully saturated rings. The molecule has 0 N–H and O–H groups in total. The van der Waals surface area contributed by atoms with Gasteiger partial charge in [0, 0.05) is 6.20 Å². The first-order valence-corrected chi connectivity index (χ1v) is 7.01. The highest BCUT2D eigenvalue weighted by molar-refractivity contribution is 5.96. The number of allylic oxidation sites excluding steroid dienone is 2. The van der Waals surface area contributed by atoms with Crippen LogP contribution in [0.25, 0.3) is 0 Å². The fraction of sp³-hybridized carbons (Fsp3) is 0.500. The molecule has 0 bridgehead atoms. The van der Waals surface area contributed by atoms with Gasteiger partial charge in [-0.15, -0.1) is 0 Å². The van der Waals surface area contributed by atoms with Gasteiger partial charge in [0.2, 0.25) is 0 Å². The number of aryl methyl sites for hydroxylation is 1. The molecule has 1 aromatic rings. The summed E-state index contributed by atoms with van der Waals surface area (Å²) in [4.78, 5) is 16.8. The Labute approximate surface area is 108 Å². The van der Waals surface area contributed by atoms with Crippen molar-refractivity contribution in [2.24, 2.45) is 0 Å². The van der Waals surface area contributed by atoms with Crippen molar-refractivity contribution in [2.75, 3.05) is 0 Å². The summed E-state index contributed by atoms with van der Waals surface area (Å²) < 4.78 is 0. The van der Waals surface area contributed by atoms with Gasteiger partial charge in [-0.3, -0.25) is 9.78 Å². The number of fused-ring (bicyclic) bond motifs is 1. The van der Waals surface area contributed by atoms with Crippen LogP contribution in [0.1, 0.15) is 55.7 Å². The number of carbonyl (C=O) groups excluding carboxylic acids is 1. The van der Waals surface area contributed by atoms with Crippen LogP contribution in [0.15, 0.2) is 30.0 Å². The number of ketones is 1. The van der Waals surface area contributed by atoms with Crippen LogP contribution in [0.4, 0.5) is 0 Å². The van der Waals surface area contributed by atoms with Crippen molar-refractivity contribution in [1.82, 2.24) is 4.98 Å². The van der Waals surface area contributed by atoms with E-state index in [1.165, 1.54) is 30.4 Å². The molecule has 2 aliphatic rings. The molecule has 1 heterocycles. The molecule has 3 rings (SSSR count). The van der Waals surface area contributed by atoms with Crippen LogP contribution in [-0.2, 0) is 11.2 Å². The van der Waals surface area contributed by atoms with Crippen molar-refractivity contribution < 1.29 is 4.79 Å². The average Bonchev–Trinajstić information content (AvgIpc) is 2.84. The number of aromatic nitrogens is 1. The quantitative estimate of drug-likeness (QED) is 0.741. The maximum absolute atomic E-state index is 12.4. The summed E-state index contributed by atoms with van der Waals surface area (Å²) >= 11 is 0. The highest BCUT2D eigenvalue weighted by atomic mass is 16.1. The third kappa shape index (κ3) is 2.24. The Bertz CT molecular complexity index is 482. The second-order valence-electron chi connectivity index (χ2n) is 5.40. The zero-order valence-electron chi connectivity index (χ0n) is 10.7. The van der Waals surface area contributed by atoms with Gasteiger partial charge in [-0.25, -0.2) is 0 Å². The van der Waals surface area contributed by atoms with E-state index in [4.69, 9.17) is 0 Å². The maximum atomic E-state index is 12.4. The van der Waals surface area contributed by atoms with Crippen LogP contribution >= 0.6 is 0 Å². The predicted octanol–water partition coefficient (Wildman–Crippen LogP) is 3.57. The van der Waals surface area contributed by atoms with Crippen molar-refractivity contribution in [3.63, 3.8) is 0 Å². The summed E-state index contributed by atoms with van der Waals surface area (Å²) in [6, 6.07) is 4.06. The topological polar surface area (TPSA) is 30.0 Å². The summed E-state index contributed by atoms with van der Waals surface area (Å²) in [7, 11) is 0. The zero-order valence-corrected chi connectivity index (χ0v) is 10.7. The largest absolute Gasteiger partial charge is 0.294 e. The Kier molecular flexibility index (Phi) is 3.26. The lowest BCUT2D eigenvalue weighted by atomic mass is 9.91. The van der Waals surface area contributed by atoms with E-state index >= 15 is 0 Å². The van der Waals surface area contributed by atoms with Crippen molar-refractivity contribution in [1.29, 1.82) is 0 Å². The summed E-state index contributed by atoms with van der Waals surface area (Å²) in [5.41, 5.74) is 3.64. The van der Waals surface area contributed by atoms with Crippen LogP contribution in [-0.4, -0.2) is 10.8 Å². The maximum Gasteiger partial charge on any atom is 0.164 e. The molecule has 1 atom stereocenters. The normalized spacial score (nSPS) is 22.7. The van der Waals surface area contributed by atoms with Crippen LogP contribution in [0.3, 0.4) is 0 Å². The minimum atomic E-state index is 0.0237. The summed E-state index contributed by atoms with van der Waals surface area (Å²) in [6.07, 6.45) is 11.7. The van der Waals surface area contributed by atoms with E-state index in [0.29, 0.717) is 0 Å². The summed E-state index contributed by atoms with van der Waals surface area (Å²) in [5, 5.41) is 0. The third-order valence-corrected chi connectivity index (χ3v) is 4.14. The molecule has 18 heavy (non-hydrogen) atoms. The Balaban J connectivity index is 1.78. The van der Waals surface area contributed by atoms with Gasteiger partial charge in [0.15, 0.2) is 5.78 Å². The van der Waals surface area contributed by atoms with Gasteiger partial charge in [-0.2, -0.15) is 0 Å². The van der Waals surface area contributed by atoms with Gasteiger partial charge in [0.05, 0.1) is 11.6 Å². The van der Waals surface area contributed by atoms with Crippen molar-refractivity contribution in [3.8, 4) is 0 Å². The lowest BCUT2D eigenvalue weighted by Gasteiger charge is -2.14. The zero-order chi connectivity index (χ0) is 12.4. The Hall–Kier alpha value is -1.44. The molecule has 1 saturated carbocycles. The van der Waals surface area contributed by atoms with E-state index in [9.17, 15) is 4.79 Å². The molecule has 0 radical (unpaired) electrons. The van der Waals surface area contributed by atoms with E-state index < -0.39 is 0 Å². The number of hydrogen-bond acceptors (Lipinski definition) is 2. The average molecular weight is 241 g/mol. The molecular formula is C16H19NO. The lowest BCUT2D eigenvalue weighted by Crippen LogP contribution is -2.09. The fourth-order valence-corrected chi connectivity index (χ4v) is 3.14. The van der Waals surface area contributed by atoms with Crippen LogP contribution in [0, 0.1) is 0 Å². The van der Waals surface area contributed by atoms with Gasteiger partial charge in [0.25, 0.3) is 0 Å². The van der Waals surface area contributed by atoms with E-state index in [2.05, 4.69) is 11.1 Å². The number of carbonyl (C=O) groups is 1. The van der Waals surface area contributed by atoms with E-state index in [0.717, 1.165) is 31.4 Å². The highest BCUT2D eigenvalue weighted by Crippen LogP contribution is 2.33. The Morgan fingerprint density at radius 2 is 2.06 bits per heavy atom. The van der Waals surface area contributed by atoms with E-state index in [-0.39, 0.29) is 11.7 Å². The second kappa shape index (κ2) is 5.05. The number of pyridine rings is 1. The van der Waals surface area contributed by atoms with Crippen LogP contribution in [0.2, 0.25) is 0 Å². The van der Waals surface area contributed by atoms with Gasteiger partial charge in [-0.1, -0.05) is 18.1 Å². The first-order chi connectivity index (χ1) is 8.84. The molecule has 0 saturated heterocycles. The number of hydrogen-bond donors (Lipinski definition) is 0. The SMILES string of the molecule is O=C(C=C1CCCCC1)C1CCc2cccnc21. The first kappa shape index (κ1) is 11.6. The monoisotopic (exact) mass is 241 g/mol. The van der Waals surface area contributed by atoms with E-state index in [1.807, 2.05) is 12.1 Å². The third-order valence-electron chi connectivity index (χ3n) is 4.14.